The van der Waals surface area contributed by atoms with Gasteiger partial charge < -0.3 is 19.8 Å². The van der Waals surface area contributed by atoms with Gasteiger partial charge in [-0.1, -0.05) is 29.8 Å². The lowest BCUT2D eigenvalue weighted by Gasteiger charge is -2.29. The number of ether oxygens (including phenoxy) is 2. The van der Waals surface area contributed by atoms with Gasteiger partial charge in [-0.05, 0) is 32.4 Å². The highest BCUT2D eigenvalue weighted by Gasteiger charge is 2.39. The minimum absolute atomic E-state index is 0.0843. The fourth-order valence-corrected chi connectivity index (χ4v) is 3.65. The van der Waals surface area contributed by atoms with Gasteiger partial charge in [-0.2, -0.15) is 0 Å². The molecule has 0 unspecified atom stereocenters. The van der Waals surface area contributed by atoms with Crippen LogP contribution in [0.2, 0.25) is 5.02 Å². The average Bonchev–Trinajstić information content (AvgIpc) is 2.61. The molecule has 1 aliphatic heterocycles. The molecule has 3 rings (SSSR count). The van der Waals surface area contributed by atoms with Crippen LogP contribution in [0.3, 0.4) is 0 Å². The van der Waals surface area contributed by atoms with Crippen molar-refractivity contribution in [3.05, 3.63) is 74.0 Å². The van der Waals surface area contributed by atoms with E-state index in [2.05, 4.69) is 0 Å². The molecule has 142 valence electrons. The fourth-order valence-electron chi connectivity index (χ4n) is 3.41. The fraction of sp³-hybridized carbons (Fsp3) is 0.300. The maximum Gasteiger partial charge on any atom is 0.340 e. The van der Waals surface area contributed by atoms with E-state index in [1.165, 1.54) is 0 Å². The molecule has 0 amide bonds. The molecule has 0 aliphatic carbocycles. The first-order valence-electron chi connectivity index (χ1n) is 8.74. The van der Waals surface area contributed by atoms with Gasteiger partial charge in [-0.15, -0.1) is 0 Å². The molecule has 2 heterocycles. The highest BCUT2D eigenvalue weighted by molar-refractivity contribution is 6.31. The third kappa shape index (κ3) is 3.21. The van der Waals surface area contributed by atoms with Gasteiger partial charge in [0.2, 0.25) is 5.88 Å². The van der Waals surface area contributed by atoms with Crippen LogP contribution in [0.1, 0.15) is 36.6 Å². The summed E-state index contributed by atoms with van der Waals surface area (Å²) in [6.07, 6.45) is 0. The van der Waals surface area contributed by atoms with Gasteiger partial charge in [0.05, 0.1) is 18.1 Å². The first-order chi connectivity index (χ1) is 12.9. The minimum atomic E-state index is -0.771. The summed E-state index contributed by atoms with van der Waals surface area (Å²) >= 11 is 6.41. The topological polar surface area (TPSA) is 83.5 Å². The third-order valence-electron chi connectivity index (χ3n) is 4.60. The molecule has 27 heavy (non-hydrogen) atoms. The van der Waals surface area contributed by atoms with Gasteiger partial charge in [-0.3, -0.25) is 4.79 Å². The Morgan fingerprint density at radius 1 is 1.33 bits per heavy atom. The second-order valence-electron chi connectivity index (χ2n) is 6.17. The summed E-state index contributed by atoms with van der Waals surface area (Å²) in [5.41, 5.74) is 7.58. The molecule has 1 aromatic carbocycles. The SMILES string of the molecule is CCOC(=O)C1=C(N)Oc2cc(C)n(CC)c(=O)c2[C@H]1c1ccccc1Cl. The molecule has 2 N–H and O–H groups in total. The zero-order valence-electron chi connectivity index (χ0n) is 15.4. The van der Waals surface area contributed by atoms with Crippen LogP contribution in [0.5, 0.6) is 5.75 Å². The number of benzene rings is 1. The van der Waals surface area contributed by atoms with E-state index in [0.717, 1.165) is 5.69 Å². The van der Waals surface area contributed by atoms with Gasteiger partial charge in [-0.25, -0.2) is 4.79 Å². The Kier molecular flexibility index (Phi) is 5.28. The summed E-state index contributed by atoms with van der Waals surface area (Å²) in [5, 5.41) is 0.424. The molecule has 0 bridgehead atoms. The van der Waals surface area contributed by atoms with Crippen molar-refractivity contribution in [2.24, 2.45) is 5.73 Å². The predicted molar refractivity (Wildman–Crippen MR) is 103 cm³/mol. The summed E-state index contributed by atoms with van der Waals surface area (Å²) in [5.74, 6) is -1.16. The van der Waals surface area contributed by atoms with Crippen LogP contribution in [0.4, 0.5) is 0 Å². The van der Waals surface area contributed by atoms with Gasteiger partial charge in [0, 0.05) is 23.3 Å². The highest BCUT2D eigenvalue weighted by Crippen LogP contribution is 2.43. The molecule has 7 heteroatoms. The van der Waals surface area contributed by atoms with Crippen LogP contribution >= 0.6 is 11.6 Å². The Balaban J connectivity index is 2.35. The molecule has 0 fully saturated rings. The smallest absolute Gasteiger partial charge is 0.340 e. The van der Waals surface area contributed by atoms with Gasteiger partial charge in [0.1, 0.15) is 11.3 Å². The molecule has 1 aromatic heterocycles. The van der Waals surface area contributed by atoms with Crippen molar-refractivity contribution in [1.29, 1.82) is 0 Å². The Morgan fingerprint density at radius 3 is 2.67 bits per heavy atom. The molecular weight excluding hydrogens is 368 g/mol. The number of aromatic nitrogens is 1. The lowest BCUT2D eigenvalue weighted by Crippen LogP contribution is -2.35. The van der Waals surface area contributed by atoms with Crippen LogP contribution in [0.15, 0.2) is 46.6 Å². The van der Waals surface area contributed by atoms with E-state index in [4.69, 9.17) is 26.8 Å². The van der Waals surface area contributed by atoms with E-state index >= 15 is 0 Å². The van der Waals surface area contributed by atoms with Crippen molar-refractivity contribution < 1.29 is 14.3 Å². The van der Waals surface area contributed by atoms with Gasteiger partial charge >= 0.3 is 5.97 Å². The van der Waals surface area contributed by atoms with Crippen LogP contribution in [-0.4, -0.2) is 17.1 Å². The summed E-state index contributed by atoms with van der Waals surface area (Å²) < 4.78 is 12.5. The van der Waals surface area contributed by atoms with E-state index in [9.17, 15) is 9.59 Å². The number of fused-ring (bicyclic) bond motifs is 1. The molecule has 2 aromatic rings. The molecule has 1 atom stereocenters. The van der Waals surface area contributed by atoms with E-state index < -0.39 is 11.9 Å². The molecule has 6 nitrogen and oxygen atoms in total. The molecule has 0 radical (unpaired) electrons. The molecule has 0 spiro atoms. The summed E-state index contributed by atoms with van der Waals surface area (Å²) in [6.45, 7) is 6.06. The Hall–Kier alpha value is -2.73. The van der Waals surface area contributed by atoms with Crippen LogP contribution in [-0.2, 0) is 16.1 Å². The van der Waals surface area contributed by atoms with E-state index in [0.29, 0.717) is 28.4 Å². The normalized spacial score (nSPS) is 15.9. The predicted octanol–water partition coefficient (Wildman–Crippen LogP) is 3.09. The summed E-state index contributed by atoms with van der Waals surface area (Å²) in [7, 11) is 0. The number of carbonyl (C=O) groups is 1. The Bertz CT molecular complexity index is 994. The Morgan fingerprint density at radius 2 is 2.04 bits per heavy atom. The second kappa shape index (κ2) is 7.48. The maximum absolute atomic E-state index is 13.2. The maximum atomic E-state index is 13.2. The molecular formula is C20H21ClN2O4. The van der Waals surface area contributed by atoms with Crippen molar-refractivity contribution in [2.75, 3.05) is 6.61 Å². The number of hydrogen-bond donors (Lipinski definition) is 1. The standard InChI is InChI=1S/C20H21ClN2O4/c1-4-23-11(3)10-14-16(19(23)24)15(12-8-6-7-9-13(12)21)17(18(22)27-14)20(25)26-5-2/h6-10,15H,4-5,22H2,1-3H3/t15-/m1/s1. The number of nitrogens with two attached hydrogens (primary N) is 1. The average molecular weight is 389 g/mol. The first kappa shape index (κ1) is 19.0. The van der Waals surface area contributed by atoms with Crippen molar-refractivity contribution in [3.8, 4) is 5.75 Å². The summed E-state index contributed by atoms with van der Waals surface area (Å²) in [4.78, 5) is 25.9. The molecule has 1 aliphatic rings. The Labute approximate surface area is 162 Å². The van der Waals surface area contributed by atoms with Crippen LogP contribution in [0.25, 0.3) is 0 Å². The number of halogens is 1. The molecule has 0 saturated heterocycles. The lowest BCUT2D eigenvalue weighted by atomic mass is 9.83. The van der Waals surface area contributed by atoms with E-state index in [1.807, 2.05) is 13.8 Å². The van der Waals surface area contributed by atoms with Crippen molar-refractivity contribution in [2.45, 2.75) is 33.2 Å². The lowest BCUT2D eigenvalue weighted by molar-refractivity contribution is -0.139. The number of carbonyl (C=O) groups excluding carboxylic acids is 1. The monoisotopic (exact) mass is 388 g/mol. The third-order valence-corrected chi connectivity index (χ3v) is 4.94. The van der Waals surface area contributed by atoms with Crippen molar-refractivity contribution >= 4 is 17.6 Å². The minimum Gasteiger partial charge on any atom is -0.462 e. The first-order valence-corrected chi connectivity index (χ1v) is 9.11. The molecule has 0 saturated carbocycles. The van der Waals surface area contributed by atoms with Crippen LogP contribution in [0, 0.1) is 6.92 Å². The zero-order valence-corrected chi connectivity index (χ0v) is 16.2. The quantitative estimate of drug-likeness (QED) is 0.814. The van der Waals surface area contributed by atoms with E-state index in [1.54, 1.807) is 41.8 Å². The van der Waals surface area contributed by atoms with E-state index in [-0.39, 0.29) is 23.6 Å². The number of nitrogens with zero attached hydrogens (tertiary/aromatic N) is 1. The van der Waals surface area contributed by atoms with Crippen molar-refractivity contribution in [3.63, 3.8) is 0 Å². The number of esters is 1. The van der Waals surface area contributed by atoms with Crippen LogP contribution < -0.4 is 16.0 Å². The zero-order chi connectivity index (χ0) is 19.7. The largest absolute Gasteiger partial charge is 0.462 e. The number of aryl methyl sites for hydroxylation is 1. The van der Waals surface area contributed by atoms with Crippen molar-refractivity contribution in [1.82, 2.24) is 4.57 Å². The van der Waals surface area contributed by atoms with Gasteiger partial charge in [0.25, 0.3) is 5.56 Å². The summed E-state index contributed by atoms with van der Waals surface area (Å²) in [6, 6.07) is 8.80. The number of pyridine rings is 1. The number of rotatable bonds is 4. The van der Waals surface area contributed by atoms with Gasteiger partial charge in [0.15, 0.2) is 0 Å². The highest BCUT2D eigenvalue weighted by atomic mass is 35.5. The second-order valence-corrected chi connectivity index (χ2v) is 6.58. The number of hydrogen-bond acceptors (Lipinski definition) is 5.